The third-order valence-corrected chi connectivity index (χ3v) is 0. The minimum absolute atomic E-state index is 0. The third-order valence-electron chi connectivity index (χ3n) is 0. The molecule has 7 heavy (non-hydrogen) atoms. The first kappa shape index (κ1) is 16.5. The van der Waals surface area contributed by atoms with Gasteiger partial charge >= 0.3 is 106 Å². The average Bonchev–Trinajstić information content (AvgIpc) is 0.722. The molecule has 0 spiro atoms. The van der Waals surface area contributed by atoms with Gasteiger partial charge in [0.25, 0.3) is 0 Å². The minimum atomic E-state index is -5.00. The first-order valence-electron chi connectivity index (χ1n) is 0.894. The molecular formula is H8O4PbSrTi. The standard InChI is InChI=1S/4H2O.Pb.Sr.Ti.4H/h4*1H2;;;;;;;/q;;;;;;+4;;;;/p-4. The van der Waals surface area contributed by atoms with Crippen molar-refractivity contribution in [3.63, 3.8) is 0 Å². The van der Waals surface area contributed by atoms with Crippen molar-refractivity contribution in [2.75, 3.05) is 0 Å². The van der Waals surface area contributed by atoms with E-state index in [1.807, 2.05) is 0 Å². The Labute approximate surface area is 103 Å². The van der Waals surface area contributed by atoms with Crippen molar-refractivity contribution < 1.29 is 32.9 Å². The van der Waals surface area contributed by atoms with Crippen LogP contribution in [0.25, 0.3) is 0 Å². The summed E-state index contributed by atoms with van der Waals surface area (Å²) in [5.41, 5.74) is 0. The number of hydrogen-bond donors (Lipinski definition) is 4. The van der Waals surface area contributed by atoms with Gasteiger partial charge in [-0.2, -0.15) is 0 Å². The summed E-state index contributed by atoms with van der Waals surface area (Å²) in [6.45, 7) is 0. The van der Waals surface area contributed by atoms with Crippen LogP contribution in [0, 0.1) is 0 Å². The van der Waals surface area contributed by atoms with Crippen molar-refractivity contribution in [1.29, 1.82) is 0 Å². The van der Waals surface area contributed by atoms with Crippen LogP contribution in [0.1, 0.15) is 0 Å². The molecule has 0 aliphatic heterocycles. The average molecular weight is 415 g/mol. The number of hydrogen-bond acceptors (Lipinski definition) is 4. The van der Waals surface area contributed by atoms with Gasteiger partial charge in [-0.05, 0) is 0 Å². The fourth-order valence-electron chi connectivity index (χ4n) is 0. The van der Waals surface area contributed by atoms with E-state index in [1.54, 1.807) is 0 Å². The van der Waals surface area contributed by atoms with Crippen molar-refractivity contribution >= 4 is 72.8 Å². The summed E-state index contributed by atoms with van der Waals surface area (Å²) < 4.78 is 29.5. The van der Waals surface area contributed by atoms with E-state index >= 15 is 0 Å². The first-order chi connectivity index (χ1) is 2.00. The molecule has 0 heterocycles. The van der Waals surface area contributed by atoms with E-state index in [0.29, 0.717) is 0 Å². The molecule has 7 heteroatoms. The monoisotopic (exact) mass is 416 g/mol. The molecule has 0 aromatic carbocycles. The second kappa shape index (κ2) is 7.07. The summed E-state index contributed by atoms with van der Waals surface area (Å²) in [5.74, 6) is 0. The van der Waals surface area contributed by atoms with Gasteiger partial charge in [-0.1, -0.05) is 0 Å². The Bertz CT molecular complexity index is 27.2. The van der Waals surface area contributed by atoms with Gasteiger partial charge in [-0.3, -0.25) is 0 Å². The molecule has 4 nitrogen and oxygen atoms in total. The van der Waals surface area contributed by atoms with Gasteiger partial charge in [-0.25, -0.2) is 0 Å². The van der Waals surface area contributed by atoms with Gasteiger partial charge in [0.05, 0.1) is 0 Å². The van der Waals surface area contributed by atoms with Gasteiger partial charge in [0, 0.05) is 0 Å². The molecule has 0 aromatic rings. The van der Waals surface area contributed by atoms with Crippen LogP contribution in [0.15, 0.2) is 0 Å². The second-order valence-corrected chi connectivity index (χ2v) is 2.47. The van der Waals surface area contributed by atoms with E-state index in [-0.39, 0.29) is 72.8 Å². The molecule has 0 amide bonds. The summed E-state index contributed by atoms with van der Waals surface area (Å²) in [4.78, 5) is 0. The molecule has 0 aliphatic carbocycles. The van der Waals surface area contributed by atoms with Crippen LogP contribution in [0.5, 0.6) is 0 Å². The summed E-state index contributed by atoms with van der Waals surface area (Å²) in [6, 6.07) is 0. The van der Waals surface area contributed by atoms with Gasteiger partial charge in [0.15, 0.2) is 0 Å². The maximum absolute atomic E-state index is 7.38. The fraction of sp³-hybridized carbons (Fsp3) is 0. The van der Waals surface area contributed by atoms with Crippen LogP contribution in [0.3, 0.4) is 0 Å². The zero-order chi connectivity index (χ0) is 4.50. The molecule has 0 saturated carbocycles. The summed E-state index contributed by atoms with van der Waals surface area (Å²) >= 11 is -5.00. The van der Waals surface area contributed by atoms with Crippen molar-refractivity contribution in [3.05, 3.63) is 0 Å². The SMILES string of the molecule is [OH][Ti]([OH])([OH])[OH].[PbH2].[SrH2]. The van der Waals surface area contributed by atoms with Crippen LogP contribution >= 0.6 is 0 Å². The Hall–Kier alpha value is 2.96. The Morgan fingerprint density at radius 3 is 0.857 bits per heavy atom. The molecule has 0 aliphatic rings. The third kappa shape index (κ3) is 49.6. The van der Waals surface area contributed by atoms with Gasteiger partial charge in [0.2, 0.25) is 0 Å². The Morgan fingerprint density at radius 2 is 0.857 bits per heavy atom. The van der Waals surface area contributed by atoms with Crippen molar-refractivity contribution in [2.24, 2.45) is 0 Å². The Balaban J connectivity index is -0.0000000800. The van der Waals surface area contributed by atoms with E-state index in [0.717, 1.165) is 0 Å². The van der Waals surface area contributed by atoms with Gasteiger partial charge in [0.1, 0.15) is 0 Å². The van der Waals surface area contributed by atoms with Gasteiger partial charge < -0.3 is 0 Å². The molecule has 0 rings (SSSR count). The molecule has 0 aromatic heterocycles. The molecule has 0 unspecified atom stereocenters. The summed E-state index contributed by atoms with van der Waals surface area (Å²) in [7, 11) is 0. The zero-order valence-electron chi connectivity index (χ0n) is 3.00. The predicted octanol–water partition coefficient (Wildman–Crippen LogP) is -4.06. The zero-order valence-corrected chi connectivity index (χ0v) is 10.1. The van der Waals surface area contributed by atoms with Crippen LogP contribution in [-0.2, 0) is 18.1 Å². The molecule has 2 radical (unpaired) electrons. The summed E-state index contributed by atoms with van der Waals surface area (Å²) in [6.07, 6.45) is 0. The molecule has 0 fully saturated rings. The fourth-order valence-corrected chi connectivity index (χ4v) is 0. The van der Waals surface area contributed by atoms with Crippen molar-refractivity contribution in [1.82, 2.24) is 0 Å². The Morgan fingerprint density at radius 1 is 0.857 bits per heavy atom. The molecule has 0 saturated heterocycles. The molecule has 0 atom stereocenters. The molecular weight excluding hydrogens is 407 g/mol. The van der Waals surface area contributed by atoms with Crippen LogP contribution in [-0.4, -0.2) is 87.5 Å². The Kier molecular flexibility index (Phi) is 16.7. The quantitative estimate of drug-likeness (QED) is 0.304. The van der Waals surface area contributed by atoms with E-state index in [9.17, 15) is 0 Å². The normalized spacial score (nSPS) is 8.57. The van der Waals surface area contributed by atoms with Gasteiger partial charge in [-0.15, -0.1) is 0 Å². The van der Waals surface area contributed by atoms with E-state index in [1.165, 1.54) is 0 Å². The molecule has 0 bridgehead atoms. The van der Waals surface area contributed by atoms with Crippen LogP contribution in [0.2, 0.25) is 0 Å². The van der Waals surface area contributed by atoms with E-state index in [2.05, 4.69) is 0 Å². The van der Waals surface area contributed by atoms with E-state index < -0.39 is 18.1 Å². The second-order valence-electron chi connectivity index (χ2n) is 0.600. The van der Waals surface area contributed by atoms with Crippen LogP contribution in [0.4, 0.5) is 0 Å². The van der Waals surface area contributed by atoms with E-state index in [4.69, 9.17) is 14.8 Å². The summed E-state index contributed by atoms with van der Waals surface area (Å²) in [5, 5.41) is 0. The molecule has 42 valence electrons. The van der Waals surface area contributed by atoms with Crippen molar-refractivity contribution in [3.8, 4) is 0 Å². The first-order valence-corrected chi connectivity index (χ1v) is 3.69. The number of rotatable bonds is 0. The van der Waals surface area contributed by atoms with Crippen LogP contribution < -0.4 is 0 Å². The van der Waals surface area contributed by atoms with Crippen molar-refractivity contribution in [2.45, 2.75) is 0 Å². The topological polar surface area (TPSA) is 80.9 Å². The predicted molar refractivity (Wildman–Crippen MR) is 26.0 cm³/mol. The maximum atomic E-state index is 7.38. The molecule has 4 N–H and O–H groups in total.